The fraction of sp³-hybridized carbons (Fsp3) is 0. The van der Waals surface area contributed by atoms with Crippen molar-refractivity contribution in [2.75, 3.05) is 5.32 Å². The smallest absolute Gasteiger partial charge is 0.143 e. The number of nitrogens with zero attached hydrogens (tertiary/aromatic N) is 2. The second kappa shape index (κ2) is 7.83. The third-order valence-electron chi connectivity index (χ3n) is 3.63. The largest absolute Gasteiger partial charge is 0.340 e. The van der Waals surface area contributed by atoms with E-state index in [9.17, 15) is 0 Å². The topological polar surface area (TPSA) is 37.8 Å². The third-order valence-corrected chi connectivity index (χ3v) is 5.58. The predicted octanol–water partition coefficient (Wildman–Crippen LogP) is 7.05. The van der Waals surface area contributed by atoms with Gasteiger partial charge in [0, 0.05) is 25.6 Å². The zero-order valence-corrected chi connectivity index (χ0v) is 17.5. The van der Waals surface area contributed by atoms with Gasteiger partial charge in [-0.1, -0.05) is 44.0 Å². The Hall–Kier alpha value is -1.47. The molecule has 4 aromatic rings. The molecule has 0 saturated heterocycles. The fourth-order valence-corrected chi connectivity index (χ4v) is 3.93. The Kier molecular flexibility index (Phi) is 5.74. The molecule has 2 heterocycles. The Bertz CT molecular complexity index is 1000. The number of hydrogen-bond acceptors (Lipinski definition) is 4. The molecule has 0 aliphatic carbocycles. The van der Waals surface area contributed by atoms with Crippen LogP contribution < -0.4 is 5.32 Å². The molecule has 126 valence electrons. The average molecular weight is 498 g/mol. The van der Waals surface area contributed by atoms with E-state index in [4.69, 9.17) is 0 Å². The molecule has 2 aromatic carbocycles. The number of halogens is 3. The fourth-order valence-electron chi connectivity index (χ4n) is 2.48. The molecule has 4 rings (SSSR count). The Morgan fingerprint density at radius 1 is 0.840 bits per heavy atom. The molecule has 0 atom stereocenters. The van der Waals surface area contributed by atoms with Crippen molar-refractivity contribution < 1.29 is 0 Å². The molecular formula is C18H12Br2ClN3S. The molecule has 1 N–H and O–H groups in total. The molecule has 3 nitrogen and oxygen atoms in total. The Morgan fingerprint density at radius 3 is 2.16 bits per heavy atom. The number of hydrogen-bond donors (Lipinski definition) is 1. The van der Waals surface area contributed by atoms with Gasteiger partial charge < -0.3 is 5.32 Å². The SMILES string of the molecule is Brc1ccc(Nc2ncnc3scc(-c4ccc(Br)cc4)c23)cc1.Cl. The molecule has 25 heavy (non-hydrogen) atoms. The highest BCUT2D eigenvalue weighted by Crippen LogP contribution is 2.37. The van der Waals surface area contributed by atoms with Crippen molar-refractivity contribution in [1.82, 2.24) is 9.97 Å². The first-order chi connectivity index (χ1) is 11.7. The van der Waals surface area contributed by atoms with Crippen molar-refractivity contribution in [3.05, 3.63) is 69.2 Å². The summed E-state index contributed by atoms with van der Waals surface area (Å²) in [5.41, 5.74) is 3.28. The second-order valence-electron chi connectivity index (χ2n) is 5.19. The third kappa shape index (κ3) is 3.87. The van der Waals surface area contributed by atoms with Crippen LogP contribution in [0.1, 0.15) is 0 Å². The Morgan fingerprint density at radius 2 is 1.48 bits per heavy atom. The van der Waals surface area contributed by atoms with Crippen molar-refractivity contribution in [3.63, 3.8) is 0 Å². The molecule has 0 bridgehead atoms. The van der Waals surface area contributed by atoms with E-state index in [1.807, 2.05) is 36.4 Å². The number of nitrogens with one attached hydrogen (secondary N) is 1. The van der Waals surface area contributed by atoms with E-state index in [0.717, 1.165) is 41.8 Å². The van der Waals surface area contributed by atoms with Crippen molar-refractivity contribution >= 4 is 77.3 Å². The summed E-state index contributed by atoms with van der Waals surface area (Å²) < 4.78 is 2.11. The van der Waals surface area contributed by atoms with E-state index < -0.39 is 0 Å². The number of aromatic nitrogens is 2. The first kappa shape index (κ1) is 18.3. The molecular weight excluding hydrogens is 486 g/mol. The van der Waals surface area contributed by atoms with Crippen LogP contribution in [0.15, 0.2) is 69.2 Å². The van der Waals surface area contributed by atoms with Gasteiger partial charge in [0.25, 0.3) is 0 Å². The van der Waals surface area contributed by atoms with Crippen LogP contribution in [0.2, 0.25) is 0 Å². The normalized spacial score (nSPS) is 10.5. The van der Waals surface area contributed by atoms with Crippen LogP contribution in [0.3, 0.4) is 0 Å². The van der Waals surface area contributed by atoms with Crippen molar-refractivity contribution in [2.24, 2.45) is 0 Å². The molecule has 0 saturated carbocycles. The number of rotatable bonds is 3. The second-order valence-corrected chi connectivity index (χ2v) is 7.88. The summed E-state index contributed by atoms with van der Waals surface area (Å²) in [6.07, 6.45) is 1.60. The number of benzene rings is 2. The lowest BCUT2D eigenvalue weighted by Crippen LogP contribution is -1.95. The predicted molar refractivity (Wildman–Crippen MR) is 115 cm³/mol. The Labute approximate surface area is 172 Å². The summed E-state index contributed by atoms with van der Waals surface area (Å²) in [5.74, 6) is 0.821. The lowest BCUT2D eigenvalue weighted by Gasteiger charge is -2.08. The number of fused-ring (bicyclic) bond motifs is 1. The molecule has 0 amide bonds. The highest BCUT2D eigenvalue weighted by atomic mass is 79.9. The lowest BCUT2D eigenvalue weighted by atomic mass is 10.1. The molecule has 2 aromatic heterocycles. The van der Waals surface area contributed by atoms with Crippen molar-refractivity contribution in [2.45, 2.75) is 0 Å². The van der Waals surface area contributed by atoms with Crippen LogP contribution in [-0.2, 0) is 0 Å². The van der Waals surface area contributed by atoms with Gasteiger partial charge >= 0.3 is 0 Å². The number of anilines is 2. The van der Waals surface area contributed by atoms with Gasteiger partial charge in [-0.05, 0) is 42.0 Å². The van der Waals surface area contributed by atoms with Crippen LogP contribution in [0.25, 0.3) is 21.3 Å². The van der Waals surface area contributed by atoms with E-state index in [1.165, 1.54) is 0 Å². The van der Waals surface area contributed by atoms with Gasteiger partial charge in [0.05, 0.1) is 5.39 Å². The van der Waals surface area contributed by atoms with Crippen molar-refractivity contribution in [1.29, 1.82) is 0 Å². The van der Waals surface area contributed by atoms with Crippen LogP contribution in [0.5, 0.6) is 0 Å². The van der Waals surface area contributed by atoms with Crippen molar-refractivity contribution in [3.8, 4) is 11.1 Å². The summed E-state index contributed by atoms with van der Waals surface area (Å²) in [4.78, 5) is 9.85. The van der Waals surface area contributed by atoms with E-state index in [2.05, 4.69) is 64.7 Å². The minimum Gasteiger partial charge on any atom is -0.340 e. The molecule has 0 aliphatic rings. The molecule has 0 aliphatic heterocycles. The maximum Gasteiger partial charge on any atom is 0.143 e. The zero-order chi connectivity index (χ0) is 16.5. The van der Waals surface area contributed by atoms with Crippen LogP contribution in [0.4, 0.5) is 11.5 Å². The molecule has 0 unspecified atom stereocenters. The van der Waals surface area contributed by atoms with Gasteiger partial charge in [-0.2, -0.15) is 0 Å². The average Bonchev–Trinajstić information content (AvgIpc) is 3.03. The highest BCUT2D eigenvalue weighted by molar-refractivity contribution is 9.10. The minimum atomic E-state index is 0. The summed E-state index contributed by atoms with van der Waals surface area (Å²) in [5, 5.41) is 6.59. The monoisotopic (exact) mass is 495 g/mol. The minimum absolute atomic E-state index is 0. The van der Waals surface area contributed by atoms with Crippen LogP contribution >= 0.6 is 55.6 Å². The molecule has 7 heteroatoms. The zero-order valence-electron chi connectivity index (χ0n) is 12.7. The molecule has 0 radical (unpaired) electrons. The Balaban J connectivity index is 0.00000182. The van der Waals surface area contributed by atoms with E-state index in [1.54, 1.807) is 17.7 Å². The highest BCUT2D eigenvalue weighted by Gasteiger charge is 2.13. The van der Waals surface area contributed by atoms with Gasteiger partial charge in [0.1, 0.15) is 17.0 Å². The maximum atomic E-state index is 4.46. The summed E-state index contributed by atoms with van der Waals surface area (Å²) in [6, 6.07) is 16.3. The standard InChI is InChI=1S/C18H11Br2N3S.ClH/c19-12-3-1-11(2-4-12)15-9-24-18-16(15)17(21-10-22-18)23-14-7-5-13(20)6-8-14;/h1-10H,(H,21,22,23);1H. The molecule has 0 fully saturated rings. The van der Waals surface area contributed by atoms with E-state index in [-0.39, 0.29) is 12.4 Å². The first-order valence-corrected chi connectivity index (χ1v) is 9.68. The van der Waals surface area contributed by atoms with E-state index in [0.29, 0.717) is 0 Å². The van der Waals surface area contributed by atoms with Gasteiger partial charge in [-0.3, -0.25) is 0 Å². The summed E-state index contributed by atoms with van der Waals surface area (Å²) in [6.45, 7) is 0. The first-order valence-electron chi connectivity index (χ1n) is 7.21. The van der Waals surface area contributed by atoms with E-state index >= 15 is 0 Å². The lowest BCUT2D eigenvalue weighted by molar-refractivity contribution is 1.23. The summed E-state index contributed by atoms with van der Waals surface area (Å²) >= 11 is 8.57. The molecule has 0 spiro atoms. The summed E-state index contributed by atoms with van der Waals surface area (Å²) in [7, 11) is 0. The van der Waals surface area contributed by atoms with Crippen LogP contribution in [-0.4, -0.2) is 9.97 Å². The van der Waals surface area contributed by atoms with Gasteiger partial charge in [-0.25, -0.2) is 9.97 Å². The number of thiophene rings is 1. The van der Waals surface area contributed by atoms with Gasteiger partial charge in [0.2, 0.25) is 0 Å². The quantitative estimate of drug-likeness (QED) is 0.330. The van der Waals surface area contributed by atoms with Gasteiger partial charge in [-0.15, -0.1) is 23.7 Å². The maximum absolute atomic E-state index is 4.46. The van der Waals surface area contributed by atoms with Crippen LogP contribution in [0, 0.1) is 0 Å². The van der Waals surface area contributed by atoms with Gasteiger partial charge in [0.15, 0.2) is 0 Å².